The Hall–Kier alpha value is -3.48. The molecule has 5 rings (SSSR count). The maximum atomic E-state index is 14.0. The first kappa shape index (κ1) is 18.5. The lowest BCUT2D eigenvalue weighted by molar-refractivity contribution is 0.0709. The average molecular weight is 407 g/mol. The van der Waals surface area contributed by atoms with E-state index in [1.807, 2.05) is 6.07 Å². The second-order valence-corrected chi connectivity index (χ2v) is 7.52. The van der Waals surface area contributed by atoms with Gasteiger partial charge in [0, 0.05) is 18.4 Å². The summed E-state index contributed by atoms with van der Waals surface area (Å²) in [7, 11) is 0. The lowest BCUT2D eigenvalue weighted by atomic mass is 10.1. The number of aromatic amines is 1. The Morgan fingerprint density at radius 1 is 1.20 bits per heavy atom. The van der Waals surface area contributed by atoms with Crippen molar-refractivity contribution in [1.29, 1.82) is 0 Å². The second kappa shape index (κ2) is 7.40. The summed E-state index contributed by atoms with van der Waals surface area (Å²) in [6.45, 7) is 0.572. The number of nitrogens with zero attached hydrogens (tertiary/aromatic N) is 2. The van der Waals surface area contributed by atoms with Crippen molar-refractivity contribution in [3.63, 3.8) is 0 Å². The van der Waals surface area contributed by atoms with Gasteiger partial charge in [-0.3, -0.25) is 4.79 Å². The molecule has 0 radical (unpaired) electrons. The van der Waals surface area contributed by atoms with Crippen LogP contribution < -0.4 is 0 Å². The van der Waals surface area contributed by atoms with Gasteiger partial charge in [0.2, 0.25) is 5.89 Å². The van der Waals surface area contributed by atoms with E-state index in [9.17, 15) is 13.6 Å². The van der Waals surface area contributed by atoms with Crippen LogP contribution in [-0.4, -0.2) is 27.3 Å². The van der Waals surface area contributed by atoms with Crippen molar-refractivity contribution in [3.05, 3.63) is 89.3 Å². The number of carbonyl (C=O) groups excluding carboxylic acids is 1. The van der Waals surface area contributed by atoms with Crippen molar-refractivity contribution in [2.75, 3.05) is 6.54 Å². The molecule has 3 heterocycles. The normalized spacial score (nSPS) is 16.5. The largest absolute Gasteiger partial charge is 0.443 e. The zero-order valence-electron chi connectivity index (χ0n) is 16.1. The van der Waals surface area contributed by atoms with Crippen molar-refractivity contribution in [2.24, 2.45) is 0 Å². The number of halogens is 2. The maximum Gasteiger partial charge on any atom is 0.270 e. The van der Waals surface area contributed by atoms with Crippen molar-refractivity contribution in [2.45, 2.75) is 25.3 Å². The predicted octanol–water partition coefficient (Wildman–Crippen LogP) is 5.00. The summed E-state index contributed by atoms with van der Waals surface area (Å²) >= 11 is 0. The van der Waals surface area contributed by atoms with Gasteiger partial charge in [0.1, 0.15) is 29.1 Å². The molecule has 1 N–H and O–H groups in total. The molecule has 0 spiro atoms. The molecule has 1 aliphatic rings. The number of benzene rings is 2. The molecule has 0 aliphatic carbocycles. The van der Waals surface area contributed by atoms with Crippen LogP contribution in [0.1, 0.15) is 46.6 Å². The highest BCUT2D eigenvalue weighted by Crippen LogP contribution is 2.33. The van der Waals surface area contributed by atoms with Crippen LogP contribution in [0.4, 0.5) is 8.78 Å². The van der Waals surface area contributed by atoms with E-state index in [0.29, 0.717) is 41.2 Å². The topological polar surface area (TPSA) is 62.1 Å². The number of fused-ring (bicyclic) bond motifs is 1. The first-order chi connectivity index (χ1) is 14.6. The van der Waals surface area contributed by atoms with Gasteiger partial charge in [-0.15, -0.1) is 0 Å². The number of amides is 1. The van der Waals surface area contributed by atoms with E-state index >= 15 is 0 Å². The van der Waals surface area contributed by atoms with Crippen LogP contribution in [0.3, 0.4) is 0 Å². The lowest BCUT2D eigenvalue weighted by Crippen LogP contribution is -2.30. The molecule has 1 amide bonds. The summed E-state index contributed by atoms with van der Waals surface area (Å²) < 4.78 is 33.3. The van der Waals surface area contributed by atoms with E-state index in [0.717, 1.165) is 18.4 Å². The number of likely N-dealkylation sites (tertiary alicyclic amines) is 1. The van der Waals surface area contributed by atoms with Gasteiger partial charge in [-0.2, -0.15) is 0 Å². The summed E-state index contributed by atoms with van der Waals surface area (Å²) in [4.78, 5) is 22.1. The Labute approximate surface area is 171 Å². The third kappa shape index (κ3) is 3.36. The molecule has 1 aliphatic heterocycles. The molecule has 1 fully saturated rings. The Morgan fingerprint density at radius 2 is 2.07 bits per heavy atom. The molecule has 2 aromatic heterocycles. The Balaban J connectivity index is 1.37. The molecule has 1 atom stereocenters. The number of nitrogens with one attached hydrogen (secondary N) is 1. The fourth-order valence-corrected chi connectivity index (χ4v) is 4.06. The molecule has 1 saturated heterocycles. The fraction of sp³-hybridized carbons (Fsp3) is 0.217. The number of aromatic nitrogens is 2. The Bertz CT molecular complexity index is 1230. The minimum Gasteiger partial charge on any atom is -0.443 e. The Kier molecular flexibility index (Phi) is 4.58. The van der Waals surface area contributed by atoms with Gasteiger partial charge in [-0.1, -0.05) is 24.3 Å². The van der Waals surface area contributed by atoms with Crippen molar-refractivity contribution in [1.82, 2.24) is 14.9 Å². The maximum absolute atomic E-state index is 14.0. The average Bonchev–Trinajstić information content (AvgIpc) is 3.47. The number of para-hydroxylation sites is 1. The first-order valence-electron chi connectivity index (χ1n) is 9.86. The number of H-pyrrole nitrogens is 1. The molecule has 4 aromatic rings. The highest BCUT2D eigenvalue weighted by molar-refractivity contribution is 5.98. The van der Waals surface area contributed by atoms with Crippen LogP contribution in [0, 0.1) is 11.6 Å². The van der Waals surface area contributed by atoms with Crippen molar-refractivity contribution < 1.29 is 18.0 Å². The molecule has 1 unspecified atom stereocenters. The molecule has 152 valence electrons. The van der Waals surface area contributed by atoms with E-state index in [1.165, 1.54) is 18.2 Å². The van der Waals surface area contributed by atoms with Crippen LogP contribution >= 0.6 is 0 Å². The Morgan fingerprint density at radius 3 is 2.90 bits per heavy atom. The summed E-state index contributed by atoms with van der Waals surface area (Å²) in [5.74, 6) is 0.184. The quantitative estimate of drug-likeness (QED) is 0.518. The van der Waals surface area contributed by atoms with E-state index in [-0.39, 0.29) is 23.6 Å². The standard InChI is InChI=1S/C23H19F2N3O2/c24-16-6-1-4-14(10-16)11-17-13-26-22(30-17)20-8-3-9-28(20)23(29)19-12-15-5-2-7-18(25)21(15)27-19/h1-2,4-7,10,12-13,20,27H,3,8-9,11H2. The molecular formula is C23H19F2N3O2. The van der Waals surface area contributed by atoms with Crippen LogP contribution in [-0.2, 0) is 6.42 Å². The van der Waals surface area contributed by atoms with Gasteiger partial charge in [-0.25, -0.2) is 13.8 Å². The first-order valence-corrected chi connectivity index (χ1v) is 9.86. The number of rotatable bonds is 4. The van der Waals surface area contributed by atoms with Crippen LogP contribution in [0.5, 0.6) is 0 Å². The molecule has 5 nitrogen and oxygen atoms in total. The van der Waals surface area contributed by atoms with Crippen molar-refractivity contribution >= 4 is 16.8 Å². The molecule has 7 heteroatoms. The van der Waals surface area contributed by atoms with E-state index in [2.05, 4.69) is 9.97 Å². The zero-order valence-corrected chi connectivity index (χ0v) is 16.1. The molecule has 0 saturated carbocycles. The lowest BCUT2D eigenvalue weighted by Gasteiger charge is -2.21. The minimum absolute atomic E-state index is 0.210. The third-order valence-electron chi connectivity index (χ3n) is 5.47. The van der Waals surface area contributed by atoms with Crippen LogP contribution in [0.15, 0.2) is 59.1 Å². The van der Waals surface area contributed by atoms with Crippen LogP contribution in [0.25, 0.3) is 10.9 Å². The van der Waals surface area contributed by atoms with E-state index in [1.54, 1.807) is 35.4 Å². The summed E-state index contributed by atoms with van der Waals surface area (Å²) in [5.41, 5.74) is 1.45. The van der Waals surface area contributed by atoms with Gasteiger partial charge in [0.25, 0.3) is 5.91 Å². The minimum atomic E-state index is -0.390. The van der Waals surface area contributed by atoms with Gasteiger partial charge in [0.05, 0.1) is 11.7 Å². The van der Waals surface area contributed by atoms with Gasteiger partial charge >= 0.3 is 0 Å². The third-order valence-corrected chi connectivity index (χ3v) is 5.47. The highest BCUT2D eigenvalue weighted by Gasteiger charge is 2.34. The smallest absolute Gasteiger partial charge is 0.270 e. The number of hydrogen-bond donors (Lipinski definition) is 1. The van der Waals surface area contributed by atoms with Gasteiger partial charge in [0.15, 0.2) is 0 Å². The molecule has 0 bridgehead atoms. The van der Waals surface area contributed by atoms with E-state index < -0.39 is 0 Å². The zero-order chi connectivity index (χ0) is 20.7. The summed E-state index contributed by atoms with van der Waals surface area (Å²) in [6.07, 6.45) is 3.61. The summed E-state index contributed by atoms with van der Waals surface area (Å²) in [5, 5.41) is 0.655. The summed E-state index contributed by atoms with van der Waals surface area (Å²) in [6, 6.07) is 12.5. The van der Waals surface area contributed by atoms with Crippen molar-refractivity contribution in [3.8, 4) is 0 Å². The molecule has 30 heavy (non-hydrogen) atoms. The highest BCUT2D eigenvalue weighted by atomic mass is 19.1. The molecular weight excluding hydrogens is 388 g/mol. The van der Waals surface area contributed by atoms with Gasteiger partial charge in [-0.05, 0) is 42.7 Å². The number of oxazole rings is 1. The molecule has 2 aromatic carbocycles. The SMILES string of the molecule is O=C(c1cc2cccc(F)c2[nH]1)N1CCCC1c1ncc(Cc2cccc(F)c2)o1. The van der Waals surface area contributed by atoms with Crippen LogP contribution in [0.2, 0.25) is 0 Å². The predicted molar refractivity (Wildman–Crippen MR) is 107 cm³/mol. The van der Waals surface area contributed by atoms with Gasteiger partial charge < -0.3 is 14.3 Å². The second-order valence-electron chi connectivity index (χ2n) is 7.52. The number of carbonyl (C=O) groups is 1. The fourth-order valence-electron chi connectivity index (χ4n) is 4.06. The van der Waals surface area contributed by atoms with E-state index in [4.69, 9.17) is 4.42 Å². The monoisotopic (exact) mass is 407 g/mol. The number of hydrogen-bond acceptors (Lipinski definition) is 3.